The van der Waals surface area contributed by atoms with E-state index in [1.54, 1.807) is 19.1 Å². The minimum atomic E-state index is -0.187. The van der Waals surface area contributed by atoms with Crippen LogP contribution in [0.4, 0.5) is 0 Å². The smallest absolute Gasteiger partial charge is 0.272 e. The Balaban J connectivity index is 1.91. The number of likely N-dealkylation sites (tertiary alicyclic amines) is 1. The highest BCUT2D eigenvalue weighted by Gasteiger charge is 2.30. The number of nitrogens with zero attached hydrogens (tertiary/aromatic N) is 3. The van der Waals surface area contributed by atoms with Crippen molar-refractivity contribution in [1.82, 2.24) is 19.5 Å². The van der Waals surface area contributed by atoms with Crippen LogP contribution in [0.2, 0.25) is 0 Å². The van der Waals surface area contributed by atoms with E-state index in [2.05, 4.69) is 5.10 Å². The van der Waals surface area contributed by atoms with Gasteiger partial charge in [-0.25, -0.2) is 9.50 Å². The second-order valence-electron chi connectivity index (χ2n) is 7.12. The van der Waals surface area contributed by atoms with E-state index in [-0.39, 0.29) is 17.4 Å². The number of hydrogen-bond donors (Lipinski definition) is 1. The molecule has 0 radical (unpaired) electrons. The lowest BCUT2D eigenvalue weighted by Gasteiger charge is -2.10. The zero-order chi connectivity index (χ0) is 19.1. The number of aryl methyl sites for hydroxylation is 1. The first-order valence-corrected chi connectivity index (χ1v) is 8.92. The molecule has 27 heavy (non-hydrogen) atoms. The number of amides is 1. The molecule has 2 aromatic heterocycles. The Hall–Kier alpha value is -2.93. The summed E-state index contributed by atoms with van der Waals surface area (Å²) in [5, 5.41) is 3.12. The number of carbonyl (C=O) groups excluding carboxylic acids is 1. The van der Waals surface area contributed by atoms with E-state index in [1.165, 1.54) is 10.6 Å². The molecule has 1 aliphatic heterocycles. The average Bonchev–Trinajstić information content (AvgIpc) is 3.17. The molecule has 1 fully saturated rings. The average molecular weight is 366 g/mol. The van der Waals surface area contributed by atoms with Crippen LogP contribution >= 0.6 is 0 Å². The van der Waals surface area contributed by atoms with E-state index in [0.29, 0.717) is 30.9 Å². The Bertz CT molecular complexity index is 1070. The van der Waals surface area contributed by atoms with Gasteiger partial charge in [0.2, 0.25) is 5.91 Å². The van der Waals surface area contributed by atoms with Crippen molar-refractivity contribution in [3.8, 4) is 11.1 Å². The van der Waals surface area contributed by atoms with Gasteiger partial charge in [0.05, 0.1) is 18.0 Å². The van der Waals surface area contributed by atoms with Gasteiger partial charge in [0.1, 0.15) is 0 Å². The van der Waals surface area contributed by atoms with Crippen LogP contribution in [-0.2, 0) is 16.1 Å². The topological polar surface area (TPSA) is 79.7 Å². The number of hydrogen-bond acceptors (Lipinski definition) is 4. The number of ether oxygens (including phenoxy) is 1. The Morgan fingerprint density at radius 1 is 1.26 bits per heavy atom. The first-order valence-electron chi connectivity index (χ1n) is 8.92. The Morgan fingerprint density at radius 3 is 2.63 bits per heavy atom. The third-order valence-electron chi connectivity index (χ3n) is 5.10. The highest BCUT2D eigenvalue weighted by atomic mass is 16.5. The monoisotopic (exact) mass is 366 g/mol. The number of aromatic nitrogens is 3. The molecule has 4 rings (SSSR count). The summed E-state index contributed by atoms with van der Waals surface area (Å²) in [5.74, 6) is 0.0155. The van der Waals surface area contributed by atoms with Gasteiger partial charge in [-0.1, -0.05) is 29.8 Å². The quantitative estimate of drug-likeness (QED) is 0.767. The summed E-state index contributed by atoms with van der Waals surface area (Å²) in [5.41, 5.74) is 4.81. The molecule has 1 aromatic carbocycles. The summed E-state index contributed by atoms with van der Waals surface area (Å²) in [6.07, 6.45) is 0.383. The molecular weight excluding hydrogens is 344 g/mol. The number of H-pyrrole nitrogens is 1. The summed E-state index contributed by atoms with van der Waals surface area (Å²) >= 11 is 0. The third kappa shape index (κ3) is 3.04. The molecule has 0 bridgehead atoms. The molecule has 0 aliphatic carbocycles. The third-order valence-corrected chi connectivity index (χ3v) is 5.10. The van der Waals surface area contributed by atoms with Crippen molar-refractivity contribution in [2.75, 3.05) is 20.7 Å². The van der Waals surface area contributed by atoms with Gasteiger partial charge in [-0.3, -0.25) is 14.7 Å². The molecule has 7 heteroatoms. The number of aromatic amines is 1. The number of benzene rings is 1. The number of nitrogens with one attached hydrogen (secondary N) is 1. The zero-order valence-electron chi connectivity index (χ0n) is 15.7. The van der Waals surface area contributed by atoms with E-state index in [0.717, 1.165) is 22.4 Å². The maximum Gasteiger partial charge on any atom is 0.272 e. The highest BCUT2D eigenvalue weighted by Crippen LogP contribution is 2.30. The lowest BCUT2D eigenvalue weighted by Crippen LogP contribution is -2.20. The Morgan fingerprint density at radius 2 is 2.00 bits per heavy atom. The number of carbonyl (C=O) groups is 1. The van der Waals surface area contributed by atoms with Crippen LogP contribution in [0, 0.1) is 6.92 Å². The lowest BCUT2D eigenvalue weighted by atomic mass is 10.0. The van der Waals surface area contributed by atoms with Crippen molar-refractivity contribution in [3.05, 3.63) is 57.6 Å². The fourth-order valence-electron chi connectivity index (χ4n) is 3.64. The molecule has 7 nitrogen and oxygen atoms in total. The summed E-state index contributed by atoms with van der Waals surface area (Å²) in [7, 11) is 3.39. The molecular formula is C20H22N4O3. The number of rotatable bonds is 4. The second kappa shape index (κ2) is 6.66. The molecule has 1 aliphatic rings. The van der Waals surface area contributed by atoms with Gasteiger partial charge >= 0.3 is 0 Å². The van der Waals surface area contributed by atoms with Crippen LogP contribution in [0.15, 0.2) is 35.1 Å². The molecule has 1 amide bonds. The molecule has 140 valence electrons. The molecule has 3 aromatic rings. The van der Waals surface area contributed by atoms with Crippen molar-refractivity contribution in [2.45, 2.75) is 25.9 Å². The van der Waals surface area contributed by atoms with Crippen molar-refractivity contribution >= 4 is 11.6 Å². The highest BCUT2D eigenvalue weighted by molar-refractivity contribution is 5.81. The van der Waals surface area contributed by atoms with Crippen molar-refractivity contribution in [2.24, 2.45) is 0 Å². The SMILES string of the molecule is COCc1[nH]n2c(=O)cc([C@H]3CC(=O)N(C)C3)nc2c1-c1ccc(C)cc1. The Labute approximate surface area is 156 Å². The van der Waals surface area contributed by atoms with Gasteiger partial charge in [0.25, 0.3) is 5.56 Å². The van der Waals surface area contributed by atoms with Crippen LogP contribution in [0.3, 0.4) is 0 Å². The molecule has 0 unspecified atom stereocenters. The second-order valence-corrected chi connectivity index (χ2v) is 7.12. The largest absolute Gasteiger partial charge is 0.378 e. The predicted molar refractivity (Wildman–Crippen MR) is 102 cm³/mol. The van der Waals surface area contributed by atoms with Crippen LogP contribution in [-0.4, -0.2) is 46.1 Å². The lowest BCUT2D eigenvalue weighted by molar-refractivity contribution is -0.126. The molecule has 3 heterocycles. The first-order chi connectivity index (χ1) is 13.0. The summed E-state index contributed by atoms with van der Waals surface area (Å²) < 4.78 is 6.77. The molecule has 1 atom stereocenters. The molecule has 1 N–H and O–H groups in total. The van der Waals surface area contributed by atoms with Crippen LogP contribution in [0.25, 0.3) is 16.8 Å². The number of likely N-dealkylation sites (N-methyl/N-ethyl adjacent to an activating group) is 1. The minimum absolute atomic E-state index is 0.0631. The minimum Gasteiger partial charge on any atom is -0.378 e. The summed E-state index contributed by atoms with van der Waals surface area (Å²) in [6, 6.07) is 9.62. The number of methoxy groups -OCH3 is 1. The predicted octanol–water partition coefficient (Wildman–Crippen LogP) is 2.09. The van der Waals surface area contributed by atoms with Crippen molar-refractivity contribution in [1.29, 1.82) is 0 Å². The van der Waals surface area contributed by atoms with Gasteiger partial charge in [0.15, 0.2) is 5.65 Å². The van der Waals surface area contributed by atoms with Gasteiger partial charge in [-0.2, -0.15) is 0 Å². The van der Waals surface area contributed by atoms with Crippen LogP contribution in [0.1, 0.15) is 29.3 Å². The zero-order valence-corrected chi connectivity index (χ0v) is 15.7. The van der Waals surface area contributed by atoms with E-state index in [9.17, 15) is 9.59 Å². The Kier molecular flexibility index (Phi) is 4.31. The van der Waals surface area contributed by atoms with Gasteiger partial charge in [-0.15, -0.1) is 0 Å². The van der Waals surface area contributed by atoms with E-state index < -0.39 is 0 Å². The number of fused-ring (bicyclic) bond motifs is 1. The molecule has 1 saturated heterocycles. The molecule has 0 saturated carbocycles. The fourth-order valence-corrected chi connectivity index (χ4v) is 3.64. The molecule has 0 spiro atoms. The van der Waals surface area contributed by atoms with Crippen molar-refractivity contribution < 1.29 is 9.53 Å². The normalized spacial score (nSPS) is 17.2. The summed E-state index contributed by atoms with van der Waals surface area (Å²) in [6.45, 7) is 2.95. The van der Waals surface area contributed by atoms with E-state index in [1.807, 2.05) is 31.2 Å². The standard InChI is InChI=1S/C20H22N4O3/c1-12-4-6-13(7-5-12)19-16(11-27-3)22-24-18(26)9-15(21-20(19)24)14-8-17(25)23(2)10-14/h4-7,9,14,22H,8,10-11H2,1-3H3/t14-/m0/s1. The van der Waals surface area contributed by atoms with Gasteiger partial charge < -0.3 is 9.64 Å². The maximum absolute atomic E-state index is 12.7. The van der Waals surface area contributed by atoms with Crippen LogP contribution < -0.4 is 5.56 Å². The van der Waals surface area contributed by atoms with E-state index >= 15 is 0 Å². The maximum atomic E-state index is 12.7. The van der Waals surface area contributed by atoms with Gasteiger partial charge in [-0.05, 0) is 12.5 Å². The fraction of sp³-hybridized carbons (Fsp3) is 0.350. The van der Waals surface area contributed by atoms with Gasteiger partial charge in [0, 0.05) is 44.7 Å². The van der Waals surface area contributed by atoms with E-state index in [4.69, 9.17) is 9.72 Å². The summed E-state index contributed by atoms with van der Waals surface area (Å²) in [4.78, 5) is 31.1. The van der Waals surface area contributed by atoms with Crippen LogP contribution in [0.5, 0.6) is 0 Å². The van der Waals surface area contributed by atoms with Crippen molar-refractivity contribution in [3.63, 3.8) is 0 Å². The first kappa shape index (κ1) is 17.5.